The van der Waals surface area contributed by atoms with Crippen LogP contribution in [-0.2, 0) is 0 Å². The Morgan fingerprint density at radius 3 is 2.61 bits per heavy atom. The quantitative estimate of drug-likeness (QED) is 0.524. The molecular formula is C28H35N5O3. The summed E-state index contributed by atoms with van der Waals surface area (Å²) in [5, 5.41) is 3.50. The third kappa shape index (κ3) is 5.44. The highest BCUT2D eigenvalue weighted by Crippen LogP contribution is 2.22. The van der Waals surface area contributed by atoms with Gasteiger partial charge in [-0.05, 0) is 69.5 Å². The number of rotatable bonds is 8. The van der Waals surface area contributed by atoms with E-state index in [0.29, 0.717) is 40.6 Å². The maximum atomic E-state index is 13.5. The minimum absolute atomic E-state index is 0.109. The van der Waals surface area contributed by atoms with E-state index in [0.717, 1.165) is 51.1 Å². The van der Waals surface area contributed by atoms with Crippen molar-refractivity contribution in [1.29, 1.82) is 0 Å². The number of aromatic nitrogens is 2. The van der Waals surface area contributed by atoms with Crippen LogP contribution in [0.1, 0.15) is 42.6 Å². The Bertz CT molecular complexity index is 1310. The highest BCUT2D eigenvalue weighted by molar-refractivity contribution is 5.95. The molecule has 0 unspecified atom stereocenters. The molecule has 1 amide bonds. The minimum atomic E-state index is -0.182. The highest BCUT2D eigenvalue weighted by Gasteiger charge is 2.24. The van der Waals surface area contributed by atoms with Crippen molar-refractivity contribution >= 4 is 16.8 Å². The van der Waals surface area contributed by atoms with E-state index in [2.05, 4.69) is 33.9 Å². The van der Waals surface area contributed by atoms with Gasteiger partial charge < -0.3 is 10.1 Å². The van der Waals surface area contributed by atoms with E-state index in [-0.39, 0.29) is 17.5 Å². The standard InChI is InChI=1S/C28H35N5O3/c1-19(2)32-12-10-31(11-13-32)14-15-36-23-8-9-25-24(17-23)28(35)33(18-29-25)26-16-21(5-4-20(26)3)27(34)30-22-6-7-22/h4-5,8-9,16-19,22H,6-7,10-15H2,1-3H3,(H,30,34). The molecule has 1 saturated carbocycles. The predicted octanol–water partition coefficient (Wildman–Crippen LogP) is 2.99. The van der Waals surface area contributed by atoms with E-state index in [1.54, 1.807) is 18.2 Å². The topological polar surface area (TPSA) is 79.7 Å². The molecule has 0 bridgehead atoms. The van der Waals surface area contributed by atoms with Crippen LogP contribution >= 0.6 is 0 Å². The SMILES string of the molecule is Cc1ccc(C(=O)NC2CC2)cc1-n1cnc2ccc(OCCN3CCN(C(C)C)CC3)cc2c1=O. The number of nitrogens with zero attached hydrogens (tertiary/aromatic N) is 4. The number of ether oxygens (including phenoxy) is 1. The molecule has 2 aliphatic rings. The summed E-state index contributed by atoms with van der Waals surface area (Å²) in [5.41, 5.74) is 2.53. The first-order valence-corrected chi connectivity index (χ1v) is 12.9. The maximum Gasteiger partial charge on any atom is 0.265 e. The third-order valence-electron chi connectivity index (χ3n) is 7.19. The molecule has 8 heteroatoms. The normalized spacial score (nSPS) is 17.0. The first-order valence-electron chi connectivity index (χ1n) is 12.9. The van der Waals surface area contributed by atoms with Crippen molar-refractivity contribution in [3.8, 4) is 11.4 Å². The molecule has 2 fully saturated rings. The number of benzene rings is 2. The molecule has 1 aliphatic heterocycles. The number of carbonyl (C=O) groups excluding carboxylic acids is 1. The monoisotopic (exact) mass is 489 g/mol. The van der Waals surface area contributed by atoms with Gasteiger partial charge >= 0.3 is 0 Å². The Hall–Kier alpha value is -3.23. The summed E-state index contributed by atoms with van der Waals surface area (Å²) in [4.78, 5) is 35.4. The highest BCUT2D eigenvalue weighted by atomic mass is 16.5. The van der Waals surface area contributed by atoms with Gasteiger partial charge in [0.2, 0.25) is 0 Å². The zero-order valence-electron chi connectivity index (χ0n) is 21.4. The number of amides is 1. The zero-order valence-corrected chi connectivity index (χ0v) is 21.4. The number of nitrogens with one attached hydrogen (secondary N) is 1. The van der Waals surface area contributed by atoms with Gasteiger partial charge in [-0.3, -0.25) is 24.0 Å². The van der Waals surface area contributed by atoms with E-state index in [1.807, 2.05) is 25.1 Å². The van der Waals surface area contributed by atoms with Crippen molar-refractivity contribution < 1.29 is 9.53 Å². The van der Waals surface area contributed by atoms with Crippen LogP contribution in [0.4, 0.5) is 0 Å². The molecule has 1 aliphatic carbocycles. The molecule has 1 aromatic heterocycles. The Morgan fingerprint density at radius 2 is 1.89 bits per heavy atom. The van der Waals surface area contributed by atoms with E-state index >= 15 is 0 Å². The van der Waals surface area contributed by atoms with Gasteiger partial charge in [-0.15, -0.1) is 0 Å². The summed E-state index contributed by atoms with van der Waals surface area (Å²) >= 11 is 0. The lowest BCUT2D eigenvalue weighted by Gasteiger charge is -2.36. The molecule has 190 valence electrons. The second kappa shape index (κ2) is 10.4. The average molecular weight is 490 g/mol. The first-order chi connectivity index (χ1) is 17.4. The summed E-state index contributed by atoms with van der Waals surface area (Å²) in [6.07, 6.45) is 3.59. The number of aryl methyl sites for hydroxylation is 1. The van der Waals surface area contributed by atoms with Crippen LogP contribution in [0.3, 0.4) is 0 Å². The largest absolute Gasteiger partial charge is 0.492 e. The Labute approximate surface area is 211 Å². The average Bonchev–Trinajstić information content (AvgIpc) is 3.69. The van der Waals surface area contributed by atoms with E-state index < -0.39 is 0 Å². The summed E-state index contributed by atoms with van der Waals surface area (Å²) in [6.45, 7) is 12.1. The van der Waals surface area contributed by atoms with Crippen molar-refractivity contribution in [2.45, 2.75) is 45.7 Å². The molecule has 0 radical (unpaired) electrons. The minimum Gasteiger partial charge on any atom is -0.492 e. The fourth-order valence-corrected chi connectivity index (χ4v) is 4.67. The fourth-order valence-electron chi connectivity index (χ4n) is 4.67. The van der Waals surface area contributed by atoms with Gasteiger partial charge in [-0.2, -0.15) is 0 Å². The van der Waals surface area contributed by atoms with E-state index in [4.69, 9.17) is 4.74 Å². The molecule has 3 aromatic rings. The molecular weight excluding hydrogens is 454 g/mol. The molecule has 2 heterocycles. The van der Waals surface area contributed by atoms with Crippen molar-refractivity contribution in [2.75, 3.05) is 39.3 Å². The molecule has 0 atom stereocenters. The second-order valence-electron chi connectivity index (χ2n) is 10.2. The van der Waals surface area contributed by atoms with Gasteiger partial charge in [-0.25, -0.2) is 4.98 Å². The molecule has 1 saturated heterocycles. The van der Waals surface area contributed by atoms with Crippen LogP contribution in [0.5, 0.6) is 5.75 Å². The number of hydrogen-bond donors (Lipinski definition) is 1. The van der Waals surface area contributed by atoms with Crippen LogP contribution in [-0.4, -0.2) is 76.7 Å². The fraction of sp³-hybridized carbons (Fsp3) is 0.464. The zero-order chi connectivity index (χ0) is 25.2. The Morgan fingerprint density at radius 1 is 1.11 bits per heavy atom. The lowest BCUT2D eigenvalue weighted by atomic mass is 10.1. The molecule has 36 heavy (non-hydrogen) atoms. The van der Waals surface area contributed by atoms with Gasteiger partial charge in [-0.1, -0.05) is 6.07 Å². The summed E-state index contributed by atoms with van der Waals surface area (Å²) in [6, 6.07) is 11.8. The van der Waals surface area contributed by atoms with Crippen molar-refractivity contribution in [3.63, 3.8) is 0 Å². The number of fused-ring (bicyclic) bond motifs is 1. The van der Waals surface area contributed by atoms with Crippen molar-refractivity contribution in [1.82, 2.24) is 24.7 Å². The number of hydrogen-bond acceptors (Lipinski definition) is 6. The lowest BCUT2D eigenvalue weighted by Crippen LogP contribution is -2.49. The number of piperazine rings is 1. The smallest absolute Gasteiger partial charge is 0.265 e. The number of carbonyl (C=O) groups is 1. The molecule has 8 nitrogen and oxygen atoms in total. The van der Waals surface area contributed by atoms with Gasteiger partial charge in [0.05, 0.1) is 16.6 Å². The summed E-state index contributed by atoms with van der Waals surface area (Å²) in [7, 11) is 0. The summed E-state index contributed by atoms with van der Waals surface area (Å²) < 4.78 is 7.54. The van der Waals surface area contributed by atoms with Gasteiger partial charge in [0.1, 0.15) is 18.7 Å². The van der Waals surface area contributed by atoms with Gasteiger partial charge in [0, 0.05) is 50.4 Å². The van der Waals surface area contributed by atoms with Crippen LogP contribution in [0.15, 0.2) is 47.5 Å². The second-order valence-corrected chi connectivity index (χ2v) is 10.2. The van der Waals surface area contributed by atoms with Gasteiger partial charge in [0.15, 0.2) is 0 Å². The van der Waals surface area contributed by atoms with Crippen molar-refractivity contribution in [2.24, 2.45) is 0 Å². The molecule has 0 spiro atoms. The van der Waals surface area contributed by atoms with E-state index in [1.165, 1.54) is 10.9 Å². The Kier molecular flexibility index (Phi) is 7.07. The van der Waals surface area contributed by atoms with Crippen LogP contribution in [0, 0.1) is 6.92 Å². The van der Waals surface area contributed by atoms with Crippen LogP contribution in [0.25, 0.3) is 16.6 Å². The molecule has 2 aromatic carbocycles. The van der Waals surface area contributed by atoms with Crippen LogP contribution < -0.4 is 15.6 Å². The first kappa shape index (κ1) is 24.5. The van der Waals surface area contributed by atoms with Gasteiger partial charge in [0.25, 0.3) is 11.5 Å². The maximum absolute atomic E-state index is 13.5. The van der Waals surface area contributed by atoms with Crippen LogP contribution in [0.2, 0.25) is 0 Å². The van der Waals surface area contributed by atoms with E-state index in [9.17, 15) is 9.59 Å². The molecule has 1 N–H and O–H groups in total. The lowest BCUT2D eigenvalue weighted by molar-refractivity contribution is 0.0951. The summed E-state index contributed by atoms with van der Waals surface area (Å²) in [5.74, 6) is 0.552. The third-order valence-corrected chi connectivity index (χ3v) is 7.19. The Balaban J connectivity index is 1.31. The molecule has 5 rings (SSSR count). The predicted molar refractivity (Wildman–Crippen MR) is 141 cm³/mol. The van der Waals surface area contributed by atoms with Crippen molar-refractivity contribution in [3.05, 3.63) is 64.2 Å².